The molecule has 6 nitrogen and oxygen atoms in total. The molecule has 0 amide bonds. The fourth-order valence-electron chi connectivity index (χ4n) is 4.16. The van der Waals surface area contributed by atoms with E-state index in [1.807, 2.05) is 6.07 Å². The molecule has 2 aromatic heterocycles. The van der Waals surface area contributed by atoms with Crippen LogP contribution in [0.25, 0.3) is 22.3 Å². The van der Waals surface area contributed by atoms with Gasteiger partial charge in [0.25, 0.3) is 0 Å². The third-order valence-electron chi connectivity index (χ3n) is 5.39. The topological polar surface area (TPSA) is 89.8 Å². The number of nitrogens with two attached hydrogens (primary N) is 1. The summed E-state index contributed by atoms with van der Waals surface area (Å²) in [6.07, 6.45) is 3.57. The normalized spacial score (nSPS) is 16.1. The van der Waals surface area contributed by atoms with Crippen LogP contribution in [0.4, 0.5) is 14.6 Å². The first-order chi connectivity index (χ1) is 14.0. The zero-order valence-corrected chi connectivity index (χ0v) is 15.3. The van der Waals surface area contributed by atoms with Crippen molar-refractivity contribution >= 4 is 16.9 Å². The molecular formula is C21H17F2N5O. The number of hydrogen-bond donors (Lipinski definition) is 2. The van der Waals surface area contributed by atoms with E-state index < -0.39 is 5.82 Å². The van der Waals surface area contributed by atoms with Crippen LogP contribution in [-0.4, -0.2) is 24.9 Å². The second kappa shape index (κ2) is 6.51. The number of rotatable bonds is 2. The Kier molecular flexibility index (Phi) is 3.94. The summed E-state index contributed by atoms with van der Waals surface area (Å²) >= 11 is 0. The summed E-state index contributed by atoms with van der Waals surface area (Å²) in [5.41, 5.74) is 8.86. The quantitative estimate of drug-likeness (QED) is 0.538. The van der Waals surface area contributed by atoms with Crippen molar-refractivity contribution in [3.63, 3.8) is 0 Å². The van der Waals surface area contributed by atoms with Crippen LogP contribution >= 0.6 is 0 Å². The van der Waals surface area contributed by atoms with E-state index in [1.165, 1.54) is 24.5 Å². The fraction of sp³-hybridized carbons (Fsp3) is 0.190. The molecule has 8 heteroatoms. The Labute approximate surface area is 164 Å². The van der Waals surface area contributed by atoms with Gasteiger partial charge in [-0.2, -0.15) is 5.10 Å². The Morgan fingerprint density at radius 2 is 2.00 bits per heavy atom. The molecule has 2 aromatic carbocycles. The summed E-state index contributed by atoms with van der Waals surface area (Å²) in [6, 6.07) is 8.51. The van der Waals surface area contributed by atoms with Gasteiger partial charge in [-0.15, -0.1) is 0 Å². The van der Waals surface area contributed by atoms with E-state index in [0.717, 1.165) is 24.5 Å². The number of nitrogens with zero attached hydrogens (tertiary/aromatic N) is 4. The van der Waals surface area contributed by atoms with E-state index in [-0.39, 0.29) is 23.4 Å². The molecule has 0 fully saturated rings. The van der Waals surface area contributed by atoms with Gasteiger partial charge in [-0.05, 0) is 48.6 Å². The smallest absolute Gasteiger partial charge is 0.164 e. The van der Waals surface area contributed by atoms with Gasteiger partial charge < -0.3 is 10.8 Å². The van der Waals surface area contributed by atoms with Gasteiger partial charge in [-0.1, -0.05) is 12.1 Å². The highest BCUT2D eigenvalue weighted by atomic mass is 19.1. The molecule has 0 saturated carbocycles. The van der Waals surface area contributed by atoms with E-state index in [2.05, 4.69) is 15.1 Å². The number of fused-ring (bicyclic) bond motifs is 2. The molecule has 1 aliphatic rings. The van der Waals surface area contributed by atoms with Crippen molar-refractivity contribution in [2.24, 2.45) is 0 Å². The zero-order chi connectivity index (χ0) is 20.1. The lowest BCUT2D eigenvalue weighted by Gasteiger charge is -2.26. The van der Waals surface area contributed by atoms with E-state index in [4.69, 9.17) is 5.73 Å². The van der Waals surface area contributed by atoms with Crippen LogP contribution in [0.15, 0.2) is 42.7 Å². The van der Waals surface area contributed by atoms with Crippen molar-refractivity contribution in [1.82, 2.24) is 19.7 Å². The Hall–Kier alpha value is -3.55. The maximum absolute atomic E-state index is 14.4. The molecule has 1 aliphatic carbocycles. The first-order valence-corrected chi connectivity index (χ1v) is 9.29. The van der Waals surface area contributed by atoms with Gasteiger partial charge >= 0.3 is 0 Å². The zero-order valence-electron chi connectivity index (χ0n) is 15.3. The first-order valence-electron chi connectivity index (χ1n) is 9.29. The predicted octanol–water partition coefficient (Wildman–Crippen LogP) is 3.99. The minimum absolute atomic E-state index is 0.204. The van der Waals surface area contributed by atoms with Crippen molar-refractivity contribution in [2.75, 3.05) is 5.73 Å². The number of aromatic nitrogens is 4. The SMILES string of the molecule is Nc1ncnc2c1c(-c1cc(O)cc(F)c1)nn2C1CCCc2c(F)cccc21. The predicted molar refractivity (Wildman–Crippen MR) is 104 cm³/mol. The number of phenolic OH excluding ortho intramolecular Hbond substituents is 1. The van der Waals surface area contributed by atoms with Gasteiger partial charge in [0.1, 0.15) is 35.2 Å². The van der Waals surface area contributed by atoms with Crippen molar-refractivity contribution in [3.05, 3.63) is 65.5 Å². The van der Waals surface area contributed by atoms with Crippen LogP contribution < -0.4 is 5.73 Å². The molecule has 5 rings (SSSR count). The van der Waals surface area contributed by atoms with Gasteiger partial charge in [0.15, 0.2) is 5.65 Å². The number of hydrogen-bond acceptors (Lipinski definition) is 5. The van der Waals surface area contributed by atoms with Crippen LogP contribution in [0.2, 0.25) is 0 Å². The summed E-state index contributed by atoms with van der Waals surface area (Å²) in [4.78, 5) is 8.42. The summed E-state index contributed by atoms with van der Waals surface area (Å²) in [5, 5.41) is 15.0. The lowest BCUT2D eigenvalue weighted by atomic mass is 9.87. The highest BCUT2D eigenvalue weighted by Crippen LogP contribution is 2.39. The average Bonchev–Trinajstić information content (AvgIpc) is 3.08. The lowest BCUT2D eigenvalue weighted by Crippen LogP contribution is -2.19. The third kappa shape index (κ3) is 2.79. The minimum atomic E-state index is -0.594. The largest absolute Gasteiger partial charge is 0.508 e. The molecular weight excluding hydrogens is 376 g/mol. The molecule has 3 N–H and O–H groups in total. The van der Waals surface area contributed by atoms with E-state index >= 15 is 0 Å². The van der Waals surface area contributed by atoms with Crippen LogP contribution in [0, 0.1) is 11.6 Å². The second-order valence-electron chi connectivity index (χ2n) is 7.16. The Morgan fingerprint density at radius 1 is 1.14 bits per heavy atom. The maximum atomic E-state index is 14.4. The molecule has 0 saturated heterocycles. The Bertz CT molecular complexity index is 1230. The molecule has 0 radical (unpaired) electrons. The van der Waals surface area contributed by atoms with Crippen LogP contribution in [-0.2, 0) is 6.42 Å². The van der Waals surface area contributed by atoms with Gasteiger partial charge in [0, 0.05) is 11.6 Å². The fourth-order valence-corrected chi connectivity index (χ4v) is 4.16. The van der Waals surface area contributed by atoms with E-state index in [0.29, 0.717) is 34.3 Å². The number of halogens is 2. The number of aromatic hydroxyl groups is 1. The number of anilines is 1. The van der Waals surface area contributed by atoms with Gasteiger partial charge in [0.2, 0.25) is 0 Å². The summed E-state index contributed by atoms with van der Waals surface area (Å²) < 4.78 is 30.0. The van der Waals surface area contributed by atoms with Gasteiger partial charge in [-0.25, -0.2) is 23.4 Å². The Morgan fingerprint density at radius 3 is 2.83 bits per heavy atom. The van der Waals surface area contributed by atoms with Crippen molar-refractivity contribution in [3.8, 4) is 17.0 Å². The lowest BCUT2D eigenvalue weighted by molar-refractivity contribution is 0.449. The summed E-state index contributed by atoms with van der Waals surface area (Å²) in [5.74, 6) is -0.838. The molecule has 146 valence electrons. The molecule has 1 unspecified atom stereocenters. The highest BCUT2D eigenvalue weighted by molar-refractivity contribution is 5.98. The van der Waals surface area contributed by atoms with Crippen LogP contribution in [0.5, 0.6) is 5.75 Å². The minimum Gasteiger partial charge on any atom is -0.508 e. The number of phenols is 1. The maximum Gasteiger partial charge on any atom is 0.164 e. The number of benzene rings is 2. The third-order valence-corrected chi connectivity index (χ3v) is 5.39. The number of nitrogen functional groups attached to an aromatic ring is 1. The van der Waals surface area contributed by atoms with Gasteiger partial charge in [-0.3, -0.25) is 0 Å². The van der Waals surface area contributed by atoms with E-state index in [9.17, 15) is 13.9 Å². The molecule has 0 spiro atoms. The molecule has 2 heterocycles. The molecule has 0 bridgehead atoms. The van der Waals surface area contributed by atoms with E-state index in [1.54, 1.807) is 10.7 Å². The monoisotopic (exact) mass is 393 g/mol. The van der Waals surface area contributed by atoms with Crippen molar-refractivity contribution in [2.45, 2.75) is 25.3 Å². The van der Waals surface area contributed by atoms with Crippen molar-refractivity contribution in [1.29, 1.82) is 0 Å². The summed E-state index contributed by atoms with van der Waals surface area (Å²) in [6.45, 7) is 0. The Balaban J connectivity index is 1.78. The van der Waals surface area contributed by atoms with Crippen LogP contribution in [0.1, 0.15) is 30.0 Å². The summed E-state index contributed by atoms with van der Waals surface area (Å²) in [7, 11) is 0. The van der Waals surface area contributed by atoms with Gasteiger partial charge in [0.05, 0.1) is 11.4 Å². The first kappa shape index (κ1) is 17.5. The van der Waals surface area contributed by atoms with Crippen molar-refractivity contribution < 1.29 is 13.9 Å². The molecule has 4 aromatic rings. The molecule has 1 atom stereocenters. The van der Waals surface area contributed by atoms with Crippen LogP contribution in [0.3, 0.4) is 0 Å². The highest BCUT2D eigenvalue weighted by Gasteiger charge is 2.28. The standard InChI is InChI=1S/C21H17F2N5O/c22-12-7-11(8-13(29)9-12)19-18-20(24)25-10-26-21(18)28(27-19)17-6-2-3-14-15(17)4-1-5-16(14)23/h1,4-5,7-10,17,29H,2-3,6H2,(H2,24,25,26). The average molecular weight is 393 g/mol. The molecule has 0 aliphatic heterocycles. The second-order valence-corrected chi connectivity index (χ2v) is 7.16. The molecule has 29 heavy (non-hydrogen) atoms.